The fraction of sp³-hybridized carbons (Fsp3) is 0.364. The highest BCUT2D eigenvalue weighted by Gasteiger charge is 2.17. The molecule has 0 spiro atoms. The smallest absolute Gasteiger partial charge is 0.133 e. The minimum Gasteiger partial charge on any atom is -0.497 e. The van der Waals surface area contributed by atoms with Crippen molar-refractivity contribution in [2.24, 2.45) is 0 Å². The Hall–Kier alpha value is -2.86. The van der Waals surface area contributed by atoms with Crippen LogP contribution in [-0.2, 0) is 11.3 Å². The van der Waals surface area contributed by atoms with E-state index in [2.05, 4.69) is 27.0 Å². The van der Waals surface area contributed by atoms with Crippen molar-refractivity contribution in [2.45, 2.75) is 20.5 Å². The first kappa shape index (κ1) is 18.5. The number of ether oxygens (including phenoxy) is 3. The predicted octanol–water partition coefficient (Wildman–Crippen LogP) is 3.67. The molecule has 0 unspecified atom stereocenters. The Bertz CT molecular complexity index is 967. The summed E-state index contributed by atoms with van der Waals surface area (Å²) in [5, 5.41) is 0.969. The molecule has 0 bridgehead atoms. The molecule has 6 heteroatoms. The summed E-state index contributed by atoms with van der Waals surface area (Å²) < 4.78 is 17.0. The third-order valence-electron chi connectivity index (χ3n) is 4.97. The number of aromatic nitrogens is 2. The molecule has 1 aliphatic rings. The van der Waals surface area contributed by atoms with Crippen molar-refractivity contribution in [1.82, 2.24) is 9.97 Å². The molecule has 146 valence electrons. The molecule has 2 heterocycles. The third kappa shape index (κ3) is 3.87. The molecule has 1 fully saturated rings. The van der Waals surface area contributed by atoms with E-state index in [9.17, 15) is 0 Å². The van der Waals surface area contributed by atoms with Crippen LogP contribution >= 0.6 is 0 Å². The summed E-state index contributed by atoms with van der Waals surface area (Å²) >= 11 is 0. The Balaban J connectivity index is 1.69. The molecule has 1 aromatic heterocycles. The molecule has 1 saturated heterocycles. The first-order chi connectivity index (χ1) is 13.6. The summed E-state index contributed by atoms with van der Waals surface area (Å²) in [6.07, 6.45) is 0. The molecule has 0 saturated carbocycles. The van der Waals surface area contributed by atoms with Gasteiger partial charge in [0.05, 0.1) is 36.9 Å². The lowest BCUT2D eigenvalue weighted by Gasteiger charge is -2.29. The predicted molar refractivity (Wildman–Crippen MR) is 109 cm³/mol. The van der Waals surface area contributed by atoms with E-state index < -0.39 is 0 Å². The van der Waals surface area contributed by atoms with Crippen molar-refractivity contribution in [3.8, 4) is 11.5 Å². The van der Waals surface area contributed by atoms with Gasteiger partial charge in [0.15, 0.2) is 0 Å². The van der Waals surface area contributed by atoms with Gasteiger partial charge in [-0.25, -0.2) is 9.97 Å². The van der Waals surface area contributed by atoms with Gasteiger partial charge in [-0.2, -0.15) is 0 Å². The van der Waals surface area contributed by atoms with E-state index >= 15 is 0 Å². The van der Waals surface area contributed by atoms with Gasteiger partial charge in [0.25, 0.3) is 0 Å². The summed E-state index contributed by atoms with van der Waals surface area (Å²) in [6, 6.07) is 12.1. The van der Waals surface area contributed by atoms with Gasteiger partial charge in [0.2, 0.25) is 0 Å². The van der Waals surface area contributed by atoms with Crippen LogP contribution in [0.4, 0.5) is 5.69 Å². The van der Waals surface area contributed by atoms with Crippen molar-refractivity contribution in [3.63, 3.8) is 0 Å². The van der Waals surface area contributed by atoms with Gasteiger partial charge in [-0.05, 0) is 37.6 Å². The van der Waals surface area contributed by atoms with Gasteiger partial charge in [0.1, 0.15) is 23.9 Å². The average molecular weight is 379 g/mol. The number of nitrogens with zero attached hydrogens (tertiary/aromatic N) is 3. The molecule has 3 aromatic rings. The first-order valence-corrected chi connectivity index (χ1v) is 9.51. The lowest BCUT2D eigenvalue weighted by atomic mass is 10.1. The number of fused-ring (bicyclic) bond motifs is 1. The Morgan fingerprint density at radius 3 is 2.50 bits per heavy atom. The maximum absolute atomic E-state index is 6.25. The number of aryl methyl sites for hydroxylation is 2. The van der Waals surface area contributed by atoms with Gasteiger partial charge in [-0.1, -0.05) is 12.1 Å². The van der Waals surface area contributed by atoms with Crippen LogP contribution in [0.2, 0.25) is 0 Å². The van der Waals surface area contributed by atoms with Crippen LogP contribution in [0.1, 0.15) is 17.1 Å². The van der Waals surface area contributed by atoms with Gasteiger partial charge in [-0.15, -0.1) is 0 Å². The summed E-state index contributed by atoms with van der Waals surface area (Å²) in [5.41, 5.74) is 4.04. The second kappa shape index (κ2) is 8.02. The van der Waals surface area contributed by atoms with Crippen molar-refractivity contribution < 1.29 is 14.2 Å². The van der Waals surface area contributed by atoms with Crippen LogP contribution in [0.15, 0.2) is 36.4 Å². The number of benzene rings is 2. The van der Waals surface area contributed by atoms with Crippen LogP contribution in [0.3, 0.4) is 0 Å². The largest absolute Gasteiger partial charge is 0.497 e. The Morgan fingerprint density at radius 1 is 1.04 bits per heavy atom. The summed E-state index contributed by atoms with van der Waals surface area (Å²) in [5.74, 6) is 2.42. The molecule has 0 aliphatic carbocycles. The van der Waals surface area contributed by atoms with E-state index in [0.29, 0.717) is 6.61 Å². The average Bonchev–Trinajstić information content (AvgIpc) is 2.72. The van der Waals surface area contributed by atoms with Crippen molar-refractivity contribution in [1.29, 1.82) is 0 Å². The second-order valence-electron chi connectivity index (χ2n) is 6.93. The Morgan fingerprint density at radius 2 is 1.79 bits per heavy atom. The van der Waals surface area contributed by atoms with Crippen molar-refractivity contribution >= 4 is 16.6 Å². The van der Waals surface area contributed by atoms with Gasteiger partial charge < -0.3 is 19.1 Å². The van der Waals surface area contributed by atoms with Crippen LogP contribution in [0.25, 0.3) is 10.9 Å². The molecule has 28 heavy (non-hydrogen) atoms. The van der Waals surface area contributed by atoms with Gasteiger partial charge >= 0.3 is 0 Å². The zero-order chi connectivity index (χ0) is 19.5. The van der Waals surface area contributed by atoms with Gasteiger partial charge in [-0.3, -0.25) is 0 Å². The first-order valence-electron chi connectivity index (χ1n) is 9.51. The van der Waals surface area contributed by atoms with E-state index in [1.54, 1.807) is 7.11 Å². The van der Waals surface area contributed by atoms with Crippen molar-refractivity contribution in [2.75, 3.05) is 38.3 Å². The number of methoxy groups -OCH3 is 1. The molecule has 0 radical (unpaired) electrons. The highest BCUT2D eigenvalue weighted by molar-refractivity contribution is 5.90. The highest BCUT2D eigenvalue weighted by Crippen LogP contribution is 2.33. The third-order valence-corrected chi connectivity index (χ3v) is 4.97. The monoisotopic (exact) mass is 379 g/mol. The number of anilines is 1. The molecular weight excluding hydrogens is 354 g/mol. The van der Waals surface area contributed by atoms with E-state index in [-0.39, 0.29) is 0 Å². The summed E-state index contributed by atoms with van der Waals surface area (Å²) in [4.78, 5) is 11.5. The summed E-state index contributed by atoms with van der Waals surface area (Å²) in [7, 11) is 1.67. The topological polar surface area (TPSA) is 56.7 Å². The minimum atomic E-state index is 0.471. The van der Waals surface area contributed by atoms with Gasteiger partial charge in [0, 0.05) is 24.8 Å². The molecule has 0 atom stereocenters. The number of morpholine rings is 1. The molecule has 0 amide bonds. The van der Waals surface area contributed by atoms with E-state index in [0.717, 1.165) is 71.5 Å². The Kier molecular flexibility index (Phi) is 5.30. The molecule has 6 nitrogen and oxygen atoms in total. The normalized spacial score (nSPS) is 14.3. The SMILES string of the molecule is COc1ccc(COc2cc(N3CCOCC3)cc3nc(C)nc(C)c23)cc1. The highest BCUT2D eigenvalue weighted by atomic mass is 16.5. The number of hydrogen-bond acceptors (Lipinski definition) is 6. The quantitative estimate of drug-likeness (QED) is 0.674. The van der Waals surface area contributed by atoms with E-state index in [4.69, 9.17) is 14.2 Å². The zero-order valence-corrected chi connectivity index (χ0v) is 16.6. The zero-order valence-electron chi connectivity index (χ0n) is 16.6. The summed E-state index contributed by atoms with van der Waals surface area (Å²) in [6.45, 7) is 7.61. The maximum Gasteiger partial charge on any atom is 0.133 e. The fourth-order valence-electron chi connectivity index (χ4n) is 3.54. The molecular formula is C22H25N3O3. The lowest BCUT2D eigenvalue weighted by molar-refractivity contribution is 0.122. The van der Waals surface area contributed by atoms with Crippen molar-refractivity contribution in [3.05, 3.63) is 53.5 Å². The number of rotatable bonds is 5. The Labute approximate surface area is 165 Å². The van der Waals surface area contributed by atoms with Crippen LogP contribution in [-0.4, -0.2) is 43.4 Å². The fourth-order valence-corrected chi connectivity index (χ4v) is 3.54. The lowest BCUT2D eigenvalue weighted by Crippen LogP contribution is -2.36. The number of hydrogen-bond donors (Lipinski definition) is 0. The second-order valence-corrected chi connectivity index (χ2v) is 6.93. The standard InChI is InChI=1S/C22H25N3O3/c1-15-22-20(24-16(2)23-15)12-18(25-8-10-27-11-9-25)13-21(22)28-14-17-4-6-19(26-3)7-5-17/h4-7,12-13H,8-11,14H2,1-3H3. The van der Waals surface area contributed by atoms with E-state index in [1.807, 2.05) is 38.1 Å². The van der Waals surface area contributed by atoms with E-state index in [1.165, 1.54) is 0 Å². The minimum absolute atomic E-state index is 0.471. The molecule has 4 rings (SSSR count). The molecule has 2 aromatic carbocycles. The molecule has 1 aliphatic heterocycles. The van der Waals surface area contributed by atoms with Crippen LogP contribution < -0.4 is 14.4 Å². The maximum atomic E-state index is 6.25. The molecule has 0 N–H and O–H groups in total. The van der Waals surface area contributed by atoms with Crippen LogP contribution in [0.5, 0.6) is 11.5 Å². The van der Waals surface area contributed by atoms with Crippen LogP contribution in [0, 0.1) is 13.8 Å².